The van der Waals surface area contributed by atoms with Crippen molar-refractivity contribution in [3.63, 3.8) is 0 Å². The van der Waals surface area contributed by atoms with Gasteiger partial charge >= 0.3 is 0 Å². The Hall–Kier alpha value is -4.38. The number of nitrogens with zero attached hydrogens (tertiary/aromatic N) is 4. The van der Waals surface area contributed by atoms with Gasteiger partial charge in [0.05, 0.1) is 19.3 Å². The van der Waals surface area contributed by atoms with Crippen molar-refractivity contribution < 1.29 is 13.5 Å². The first-order valence-corrected chi connectivity index (χ1v) is 12.7. The second-order valence-electron chi connectivity index (χ2n) is 9.31. The molecule has 1 aliphatic heterocycles. The van der Waals surface area contributed by atoms with Crippen LogP contribution in [0.3, 0.4) is 0 Å². The van der Waals surface area contributed by atoms with Gasteiger partial charge in [-0.25, -0.2) is 19.3 Å². The Balaban J connectivity index is 1.31. The van der Waals surface area contributed by atoms with E-state index in [4.69, 9.17) is 15.5 Å². The molecule has 4 aromatic rings. The molecule has 1 fully saturated rings. The summed E-state index contributed by atoms with van der Waals surface area (Å²) in [5.41, 5.74) is 10.0. The summed E-state index contributed by atoms with van der Waals surface area (Å²) in [5.74, 6) is -0.476. The van der Waals surface area contributed by atoms with E-state index in [9.17, 15) is 8.78 Å². The number of pyridine rings is 3. The lowest BCUT2D eigenvalue weighted by atomic mass is 10.0. The number of aliphatic imine (C=N–C) groups is 1. The number of ether oxygens (including phenoxy) is 1. The first kappa shape index (κ1) is 26.2. The summed E-state index contributed by atoms with van der Waals surface area (Å²) in [7, 11) is 1.45. The number of anilines is 1. The van der Waals surface area contributed by atoms with Crippen molar-refractivity contribution in [2.75, 3.05) is 25.5 Å². The van der Waals surface area contributed by atoms with Crippen LogP contribution in [0.5, 0.6) is 5.88 Å². The van der Waals surface area contributed by atoms with E-state index in [-0.39, 0.29) is 12.6 Å². The average Bonchev–Trinajstić information content (AvgIpc) is 3.36. The molecule has 1 aliphatic rings. The van der Waals surface area contributed by atoms with Crippen molar-refractivity contribution in [1.82, 2.24) is 25.3 Å². The second-order valence-corrected chi connectivity index (χ2v) is 9.31. The lowest BCUT2D eigenvalue weighted by Crippen LogP contribution is -2.29. The number of nitrogens with one attached hydrogen (secondary N) is 3. The van der Waals surface area contributed by atoms with Gasteiger partial charge in [-0.2, -0.15) is 4.39 Å². The van der Waals surface area contributed by atoms with Gasteiger partial charge in [-0.05, 0) is 49.7 Å². The number of H-pyrrole nitrogens is 1. The Morgan fingerprint density at radius 2 is 2.00 bits per heavy atom. The normalized spacial score (nSPS) is 14.8. The lowest BCUT2D eigenvalue weighted by Gasteiger charge is -2.18. The van der Waals surface area contributed by atoms with E-state index < -0.39 is 11.8 Å². The van der Waals surface area contributed by atoms with E-state index in [0.717, 1.165) is 54.2 Å². The number of piperidine rings is 1. The quantitative estimate of drug-likeness (QED) is 0.190. The van der Waals surface area contributed by atoms with Gasteiger partial charge in [0.1, 0.15) is 17.3 Å². The highest BCUT2D eigenvalue weighted by Crippen LogP contribution is 2.25. The summed E-state index contributed by atoms with van der Waals surface area (Å²) < 4.78 is 33.7. The summed E-state index contributed by atoms with van der Waals surface area (Å²) in [5, 5.41) is 7.20. The Bertz CT molecular complexity index is 1510. The molecule has 0 atom stereocenters. The minimum atomic E-state index is -0.598. The van der Waals surface area contributed by atoms with Crippen LogP contribution in [0.2, 0.25) is 0 Å². The third-order valence-electron chi connectivity index (χ3n) is 6.71. The maximum Gasteiger partial charge on any atom is 0.218 e. The molecule has 39 heavy (non-hydrogen) atoms. The van der Waals surface area contributed by atoms with E-state index >= 15 is 0 Å². The molecular weight excluding hydrogens is 502 g/mol. The molecule has 0 bridgehead atoms. The number of rotatable bonds is 9. The molecule has 0 aliphatic carbocycles. The van der Waals surface area contributed by atoms with Gasteiger partial charge in [-0.15, -0.1) is 0 Å². The molecular formula is C28H30F2N8O. The molecule has 5 rings (SSSR count). The number of aromatic nitrogens is 4. The van der Waals surface area contributed by atoms with Crippen LogP contribution >= 0.6 is 0 Å². The zero-order valence-corrected chi connectivity index (χ0v) is 21.5. The maximum atomic E-state index is 15.0. The summed E-state index contributed by atoms with van der Waals surface area (Å²) >= 11 is 0. The molecule has 4 aromatic heterocycles. The van der Waals surface area contributed by atoms with E-state index in [1.165, 1.54) is 19.4 Å². The van der Waals surface area contributed by atoms with E-state index in [1.807, 2.05) is 18.5 Å². The number of nitrogens with two attached hydrogens (primary N) is 1. The first-order valence-electron chi connectivity index (χ1n) is 12.7. The van der Waals surface area contributed by atoms with Gasteiger partial charge in [-0.3, -0.25) is 4.99 Å². The van der Waals surface area contributed by atoms with E-state index in [1.54, 1.807) is 18.3 Å². The maximum absolute atomic E-state index is 15.0. The zero-order valence-electron chi connectivity index (χ0n) is 21.5. The molecule has 0 unspecified atom stereocenters. The molecule has 202 valence electrons. The van der Waals surface area contributed by atoms with Gasteiger partial charge in [-0.1, -0.05) is 6.07 Å². The van der Waals surface area contributed by atoms with Crippen LogP contribution in [-0.4, -0.2) is 52.4 Å². The Morgan fingerprint density at radius 1 is 1.15 bits per heavy atom. The molecule has 0 aromatic carbocycles. The van der Waals surface area contributed by atoms with Crippen LogP contribution in [0.25, 0.3) is 16.6 Å². The van der Waals surface area contributed by atoms with Crippen LogP contribution < -0.4 is 21.1 Å². The van der Waals surface area contributed by atoms with Crippen LogP contribution in [0, 0.1) is 11.8 Å². The summed E-state index contributed by atoms with van der Waals surface area (Å²) in [6.45, 7) is 2.10. The fourth-order valence-electron chi connectivity index (χ4n) is 4.58. The summed E-state index contributed by atoms with van der Waals surface area (Å²) in [6, 6.07) is 6.94. The number of hydrogen-bond acceptors (Lipinski definition) is 8. The van der Waals surface area contributed by atoms with Crippen LogP contribution in [0.1, 0.15) is 35.1 Å². The van der Waals surface area contributed by atoms with E-state index in [0.29, 0.717) is 34.9 Å². The SMILES string of the molecule is COc1ncc(F)cc1CNc1ccc(Cc2c[nH]c3ncc(C(C=NC4CCNCC4)=CN)cc23)c(F)n1. The number of hydrogen-bond donors (Lipinski definition) is 4. The molecule has 0 amide bonds. The fraction of sp³-hybridized carbons (Fsp3) is 0.286. The van der Waals surface area contributed by atoms with Crippen molar-refractivity contribution >= 4 is 28.6 Å². The monoisotopic (exact) mass is 532 g/mol. The molecule has 0 saturated carbocycles. The third-order valence-corrected chi connectivity index (χ3v) is 6.71. The zero-order chi connectivity index (χ0) is 27.2. The Labute approximate surface area is 224 Å². The van der Waals surface area contributed by atoms with Crippen molar-refractivity contribution in [3.05, 3.63) is 83.1 Å². The highest BCUT2D eigenvalue weighted by molar-refractivity contribution is 6.10. The Kier molecular flexibility index (Phi) is 8.07. The fourth-order valence-corrected chi connectivity index (χ4v) is 4.58. The molecule has 11 heteroatoms. The first-order chi connectivity index (χ1) is 19.0. The molecule has 0 spiro atoms. The highest BCUT2D eigenvalue weighted by Gasteiger charge is 2.14. The van der Waals surface area contributed by atoms with Crippen molar-refractivity contribution in [3.8, 4) is 5.88 Å². The van der Waals surface area contributed by atoms with Crippen molar-refractivity contribution in [1.29, 1.82) is 0 Å². The van der Waals surface area contributed by atoms with E-state index in [2.05, 4.69) is 30.6 Å². The molecule has 5 heterocycles. The summed E-state index contributed by atoms with van der Waals surface area (Å²) in [4.78, 5) is 20.4. The van der Waals surface area contributed by atoms with Gasteiger partial charge in [0.2, 0.25) is 11.8 Å². The predicted octanol–water partition coefficient (Wildman–Crippen LogP) is 3.97. The number of fused-ring (bicyclic) bond motifs is 1. The van der Waals surface area contributed by atoms with Crippen molar-refractivity contribution in [2.45, 2.75) is 31.8 Å². The number of halogens is 2. The van der Waals surface area contributed by atoms with Crippen LogP contribution in [0.15, 0.2) is 54.0 Å². The highest BCUT2D eigenvalue weighted by atomic mass is 19.1. The predicted molar refractivity (Wildman–Crippen MR) is 148 cm³/mol. The second kappa shape index (κ2) is 12.0. The van der Waals surface area contributed by atoms with Crippen LogP contribution in [-0.2, 0) is 13.0 Å². The minimum absolute atomic E-state index is 0.175. The van der Waals surface area contributed by atoms with Gasteiger partial charge in [0.25, 0.3) is 0 Å². The van der Waals surface area contributed by atoms with Gasteiger partial charge < -0.3 is 26.1 Å². The standard InChI is InChI=1S/C28H30F2N8O/c1-39-28-20(9-22(29)16-37-28)14-34-25-3-2-17(26(30)38-25)8-19-13-36-27-24(19)10-18(12-35-27)21(11-31)15-33-23-4-6-32-7-5-23/h2-3,9-13,15-16,23,32H,4-8,14,31H2,1H3,(H,34,38)(H,35,36). The third kappa shape index (κ3) is 6.20. The average molecular weight is 533 g/mol. The van der Waals surface area contributed by atoms with Crippen LogP contribution in [0.4, 0.5) is 14.6 Å². The minimum Gasteiger partial charge on any atom is -0.481 e. The lowest BCUT2D eigenvalue weighted by molar-refractivity contribution is 0.391. The summed E-state index contributed by atoms with van der Waals surface area (Å²) in [6.07, 6.45) is 10.3. The largest absolute Gasteiger partial charge is 0.481 e. The Morgan fingerprint density at radius 3 is 2.77 bits per heavy atom. The van der Waals surface area contributed by atoms with Gasteiger partial charge in [0, 0.05) is 65.4 Å². The molecule has 1 saturated heterocycles. The van der Waals surface area contributed by atoms with Crippen molar-refractivity contribution in [2.24, 2.45) is 10.7 Å². The molecule has 9 nitrogen and oxygen atoms in total. The number of aromatic amines is 1. The number of methoxy groups -OCH3 is 1. The van der Waals surface area contributed by atoms with Gasteiger partial charge in [0.15, 0.2) is 0 Å². The molecule has 0 radical (unpaired) electrons. The molecule has 5 N–H and O–H groups in total. The number of allylic oxidation sites excluding steroid dienone is 1. The topological polar surface area (TPSA) is 126 Å². The smallest absolute Gasteiger partial charge is 0.218 e.